The molecule has 0 radical (unpaired) electrons. The van der Waals surface area contributed by atoms with Crippen LogP contribution in [0, 0.1) is 6.92 Å². The topological polar surface area (TPSA) is 35.2 Å². The predicted molar refractivity (Wildman–Crippen MR) is 89.4 cm³/mol. The number of aryl methyl sites for hydroxylation is 2. The molecule has 0 saturated heterocycles. The van der Waals surface area contributed by atoms with E-state index in [2.05, 4.69) is 25.1 Å². The van der Waals surface area contributed by atoms with Crippen LogP contribution in [0.2, 0.25) is 5.02 Å². The molecular weight excluding hydrogens is 282 g/mol. The minimum Gasteiger partial charge on any atom is -0.457 e. The third-order valence-corrected chi connectivity index (χ3v) is 3.80. The van der Waals surface area contributed by atoms with E-state index in [1.165, 1.54) is 5.56 Å². The van der Waals surface area contributed by atoms with Gasteiger partial charge in [-0.05, 0) is 67.6 Å². The fourth-order valence-corrected chi connectivity index (χ4v) is 2.52. The second-order valence-corrected chi connectivity index (χ2v) is 5.90. The molecule has 0 aliphatic rings. The third kappa shape index (κ3) is 4.23. The van der Waals surface area contributed by atoms with Crippen LogP contribution in [0.1, 0.15) is 30.5 Å². The van der Waals surface area contributed by atoms with E-state index < -0.39 is 0 Å². The first-order valence-electron chi connectivity index (χ1n) is 7.31. The molecule has 3 heteroatoms. The number of halogens is 1. The van der Waals surface area contributed by atoms with Crippen LogP contribution in [0.5, 0.6) is 11.5 Å². The van der Waals surface area contributed by atoms with E-state index in [0.717, 1.165) is 40.5 Å². The molecule has 0 aliphatic heterocycles. The van der Waals surface area contributed by atoms with Crippen molar-refractivity contribution in [1.29, 1.82) is 0 Å². The molecule has 0 saturated carbocycles. The molecule has 2 aromatic carbocycles. The zero-order valence-electron chi connectivity index (χ0n) is 12.8. The quantitative estimate of drug-likeness (QED) is 0.853. The molecule has 2 rings (SSSR count). The minimum atomic E-state index is 0.141. The Morgan fingerprint density at radius 2 is 1.95 bits per heavy atom. The van der Waals surface area contributed by atoms with Crippen LogP contribution in [-0.2, 0) is 12.8 Å². The Morgan fingerprint density at radius 3 is 2.62 bits per heavy atom. The van der Waals surface area contributed by atoms with E-state index in [1.54, 1.807) is 0 Å². The molecule has 2 N–H and O–H groups in total. The lowest BCUT2D eigenvalue weighted by molar-refractivity contribution is 0.477. The normalized spacial score (nSPS) is 12.2. The van der Waals surface area contributed by atoms with Gasteiger partial charge in [0.1, 0.15) is 11.5 Å². The van der Waals surface area contributed by atoms with Crippen LogP contribution in [-0.4, -0.2) is 6.04 Å². The van der Waals surface area contributed by atoms with Gasteiger partial charge in [-0.15, -0.1) is 0 Å². The summed E-state index contributed by atoms with van der Waals surface area (Å²) in [7, 11) is 0. The van der Waals surface area contributed by atoms with Gasteiger partial charge in [-0.1, -0.05) is 30.7 Å². The average molecular weight is 304 g/mol. The van der Waals surface area contributed by atoms with E-state index in [-0.39, 0.29) is 6.04 Å². The number of hydrogen-bond acceptors (Lipinski definition) is 2. The highest BCUT2D eigenvalue weighted by Crippen LogP contribution is 2.29. The van der Waals surface area contributed by atoms with E-state index in [0.29, 0.717) is 0 Å². The van der Waals surface area contributed by atoms with Crippen LogP contribution in [0.4, 0.5) is 0 Å². The monoisotopic (exact) mass is 303 g/mol. The van der Waals surface area contributed by atoms with Crippen LogP contribution >= 0.6 is 11.6 Å². The van der Waals surface area contributed by atoms with Gasteiger partial charge >= 0.3 is 0 Å². The van der Waals surface area contributed by atoms with E-state index in [9.17, 15) is 0 Å². The van der Waals surface area contributed by atoms with E-state index in [1.807, 2.05) is 32.0 Å². The lowest BCUT2D eigenvalue weighted by Crippen LogP contribution is -2.17. The first-order chi connectivity index (χ1) is 9.99. The summed E-state index contributed by atoms with van der Waals surface area (Å²) in [6.07, 6.45) is 1.73. The second kappa shape index (κ2) is 6.97. The van der Waals surface area contributed by atoms with Gasteiger partial charge in [-0.3, -0.25) is 0 Å². The van der Waals surface area contributed by atoms with Crippen LogP contribution in [0.25, 0.3) is 0 Å². The van der Waals surface area contributed by atoms with Gasteiger partial charge in [0.05, 0.1) is 0 Å². The Bertz CT molecular complexity index is 623. The van der Waals surface area contributed by atoms with Gasteiger partial charge in [0.15, 0.2) is 0 Å². The Kier molecular flexibility index (Phi) is 5.27. The number of nitrogens with two attached hydrogens (primary N) is 1. The third-order valence-electron chi connectivity index (χ3n) is 3.44. The lowest BCUT2D eigenvalue weighted by Gasteiger charge is -2.13. The summed E-state index contributed by atoms with van der Waals surface area (Å²) in [6.45, 7) is 6.13. The molecule has 0 amide bonds. The van der Waals surface area contributed by atoms with Gasteiger partial charge in [0.2, 0.25) is 0 Å². The molecule has 0 fully saturated rings. The summed E-state index contributed by atoms with van der Waals surface area (Å²) in [4.78, 5) is 0. The molecule has 0 bridgehead atoms. The number of ether oxygens (including phenoxy) is 1. The second-order valence-electron chi connectivity index (χ2n) is 5.49. The summed E-state index contributed by atoms with van der Waals surface area (Å²) in [5.74, 6) is 1.69. The van der Waals surface area contributed by atoms with Crippen LogP contribution in [0.15, 0.2) is 36.4 Å². The fraction of sp³-hybridized carbons (Fsp3) is 0.333. The van der Waals surface area contributed by atoms with Crippen molar-refractivity contribution < 1.29 is 4.74 Å². The Morgan fingerprint density at radius 1 is 1.19 bits per heavy atom. The number of hydrogen-bond donors (Lipinski definition) is 1. The zero-order chi connectivity index (χ0) is 15.4. The largest absolute Gasteiger partial charge is 0.457 e. The summed E-state index contributed by atoms with van der Waals surface area (Å²) in [5, 5.41) is 0.785. The smallest absolute Gasteiger partial charge is 0.130 e. The highest BCUT2D eigenvalue weighted by molar-refractivity contribution is 6.31. The highest BCUT2D eigenvalue weighted by atomic mass is 35.5. The molecular formula is C18H22ClNO. The maximum absolute atomic E-state index is 6.14. The molecule has 21 heavy (non-hydrogen) atoms. The average Bonchev–Trinajstić information content (AvgIpc) is 2.44. The standard InChI is InChI=1S/C18H22ClNO/c1-4-15-11-16(7-8-17(15)19)21-18-10-14(9-13(3)20)6-5-12(18)2/h5-8,10-11,13H,4,9,20H2,1-3H3. The SMILES string of the molecule is CCc1cc(Oc2cc(CC(C)N)ccc2C)ccc1Cl. The van der Waals surface area contributed by atoms with Crippen molar-refractivity contribution in [3.63, 3.8) is 0 Å². The van der Waals surface area contributed by atoms with E-state index in [4.69, 9.17) is 22.1 Å². The molecule has 0 aliphatic carbocycles. The van der Waals surface area contributed by atoms with Gasteiger partial charge in [0.25, 0.3) is 0 Å². The first kappa shape index (κ1) is 15.9. The minimum absolute atomic E-state index is 0.141. The maximum Gasteiger partial charge on any atom is 0.130 e. The molecule has 1 atom stereocenters. The predicted octanol–water partition coefficient (Wildman–Crippen LogP) is 4.89. The van der Waals surface area contributed by atoms with Crippen molar-refractivity contribution in [3.05, 3.63) is 58.1 Å². The maximum atomic E-state index is 6.14. The summed E-state index contributed by atoms with van der Waals surface area (Å²) in [6, 6.07) is 12.2. The molecule has 2 nitrogen and oxygen atoms in total. The van der Waals surface area contributed by atoms with E-state index >= 15 is 0 Å². The Hall–Kier alpha value is -1.51. The molecule has 2 aromatic rings. The summed E-state index contributed by atoms with van der Waals surface area (Å²) < 4.78 is 6.03. The van der Waals surface area contributed by atoms with Crippen molar-refractivity contribution in [1.82, 2.24) is 0 Å². The van der Waals surface area contributed by atoms with Crippen molar-refractivity contribution in [2.75, 3.05) is 0 Å². The zero-order valence-corrected chi connectivity index (χ0v) is 13.6. The molecule has 0 spiro atoms. The molecule has 1 unspecified atom stereocenters. The fourth-order valence-electron chi connectivity index (χ4n) is 2.27. The molecule has 0 aromatic heterocycles. The van der Waals surface area contributed by atoms with Crippen molar-refractivity contribution in [2.24, 2.45) is 5.73 Å². The first-order valence-corrected chi connectivity index (χ1v) is 7.68. The highest BCUT2D eigenvalue weighted by Gasteiger charge is 2.07. The Labute approximate surface area is 131 Å². The van der Waals surface area contributed by atoms with Crippen LogP contribution in [0.3, 0.4) is 0 Å². The van der Waals surface area contributed by atoms with Gasteiger partial charge in [0, 0.05) is 11.1 Å². The lowest BCUT2D eigenvalue weighted by atomic mass is 10.1. The Balaban J connectivity index is 2.26. The van der Waals surface area contributed by atoms with Crippen molar-refractivity contribution in [2.45, 2.75) is 39.7 Å². The summed E-state index contributed by atoms with van der Waals surface area (Å²) in [5.41, 5.74) is 9.26. The van der Waals surface area contributed by atoms with Crippen molar-refractivity contribution >= 4 is 11.6 Å². The molecule has 0 heterocycles. The van der Waals surface area contributed by atoms with Crippen LogP contribution < -0.4 is 10.5 Å². The van der Waals surface area contributed by atoms with Gasteiger partial charge < -0.3 is 10.5 Å². The summed E-state index contributed by atoms with van der Waals surface area (Å²) >= 11 is 6.14. The van der Waals surface area contributed by atoms with Gasteiger partial charge in [-0.2, -0.15) is 0 Å². The number of benzene rings is 2. The van der Waals surface area contributed by atoms with Gasteiger partial charge in [-0.25, -0.2) is 0 Å². The molecule has 112 valence electrons. The number of rotatable bonds is 5. The van der Waals surface area contributed by atoms with Crippen molar-refractivity contribution in [3.8, 4) is 11.5 Å².